The summed E-state index contributed by atoms with van der Waals surface area (Å²) in [6.07, 6.45) is 1.57. The molecule has 2 N–H and O–H groups in total. The first-order valence-corrected chi connectivity index (χ1v) is 9.07. The van der Waals surface area contributed by atoms with Gasteiger partial charge >= 0.3 is 5.97 Å². The highest BCUT2D eigenvalue weighted by Gasteiger charge is 2.15. The summed E-state index contributed by atoms with van der Waals surface area (Å²) < 4.78 is 7.42. The Kier molecular flexibility index (Phi) is 6.78. The van der Waals surface area contributed by atoms with E-state index < -0.39 is 11.9 Å². The molecule has 0 bridgehead atoms. The lowest BCUT2D eigenvalue weighted by Gasteiger charge is -2.12. The predicted molar refractivity (Wildman–Crippen MR) is 107 cm³/mol. The van der Waals surface area contributed by atoms with Crippen molar-refractivity contribution in [1.29, 1.82) is 5.26 Å². The number of nitrogens with two attached hydrogens (primary N) is 1. The Hall–Kier alpha value is -3.33. The second-order valence-electron chi connectivity index (χ2n) is 7.14. The van der Waals surface area contributed by atoms with Crippen molar-refractivity contribution in [1.82, 2.24) is 4.57 Å². The zero-order valence-electron chi connectivity index (χ0n) is 16.7. The van der Waals surface area contributed by atoms with Crippen LogP contribution in [-0.4, -0.2) is 16.4 Å². The minimum atomic E-state index is -0.685. The highest BCUT2D eigenvalue weighted by atomic mass is 16.5. The van der Waals surface area contributed by atoms with Gasteiger partial charge in [0.15, 0.2) is 0 Å². The van der Waals surface area contributed by atoms with Crippen LogP contribution in [0, 0.1) is 31.1 Å². The molecule has 0 radical (unpaired) electrons. The molecule has 0 saturated carbocycles. The highest BCUT2D eigenvalue weighted by molar-refractivity contribution is 5.98. The van der Waals surface area contributed by atoms with E-state index in [2.05, 4.69) is 18.4 Å². The summed E-state index contributed by atoms with van der Waals surface area (Å²) in [6, 6.07) is 10.3. The molecular weight excluding hydrogens is 354 g/mol. The van der Waals surface area contributed by atoms with Gasteiger partial charge in [-0.2, -0.15) is 5.26 Å². The Bertz CT molecular complexity index is 945. The first kappa shape index (κ1) is 21.0. The van der Waals surface area contributed by atoms with Gasteiger partial charge in [-0.25, -0.2) is 4.79 Å². The first-order chi connectivity index (χ1) is 13.2. The van der Waals surface area contributed by atoms with E-state index in [4.69, 9.17) is 10.5 Å². The third-order valence-corrected chi connectivity index (χ3v) is 4.41. The Morgan fingerprint density at radius 3 is 2.43 bits per heavy atom. The quantitative estimate of drug-likeness (QED) is 0.452. The molecule has 1 amide bonds. The zero-order chi connectivity index (χ0) is 20.8. The molecule has 0 aliphatic carbocycles. The van der Waals surface area contributed by atoms with Crippen molar-refractivity contribution in [2.75, 3.05) is 0 Å². The van der Waals surface area contributed by atoms with Gasteiger partial charge in [-0.15, -0.1) is 0 Å². The second kappa shape index (κ2) is 9.05. The molecule has 28 heavy (non-hydrogen) atoms. The number of nitriles is 1. The molecule has 0 aliphatic heterocycles. The molecule has 1 aromatic heterocycles. The fraction of sp³-hybridized carbons (Fsp3) is 0.318. The zero-order valence-corrected chi connectivity index (χ0v) is 16.7. The van der Waals surface area contributed by atoms with Crippen LogP contribution >= 0.6 is 0 Å². The van der Waals surface area contributed by atoms with E-state index in [9.17, 15) is 14.9 Å². The highest BCUT2D eigenvalue weighted by Crippen LogP contribution is 2.20. The number of ether oxygens (including phenoxy) is 1. The topological polar surface area (TPSA) is 98.1 Å². The van der Waals surface area contributed by atoms with E-state index in [1.807, 2.05) is 26.0 Å². The molecule has 1 heterocycles. The average Bonchev–Trinajstić information content (AvgIpc) is 2.91. The maximum Gasteiger partial charge on any atom is 0.349 e. The van der Waals surface area contributed by atoms with E-state index in [0.29, 0.717) is 17.0 Å². The molecule has 2 aromatic rings. The number of carbonyl (C=O) groups excluding carboxylic acids is 2. The largest absolute Gasteiger partial charge is 0.457 e. The van der Waals surface area contributed by atoms with Crippen molar-refractivity contribution in [3.63, 3.8) is 0 Å². The van der Waals surface area contributed by atoms with Crippen LogP contribution in [0.3, 0.4) is 0 Å². The normalized spacial score (nSPS) is 11.4. The van der Waals surface area contributed by atoms with Crippen molar-refractivity contribution in [3.8, 4) is 6.07 Å². The molecule has 0 atom stereocenters. The Morgan fingerprint density at radius 2 is 1.89 bits per heavy atom. The maximum absolute atomic E-state index is 12.3. The van der Waals surface area contributed by atoms with Crippen LogP contribution in [0.1, 0.15) is 46.7 Å². The van der Waals surface area contributed by atoms with Gasteiger partial charge in [-0.1, -0.05) is 26.0 Å². The van der Waals surface area contributed by atoms with E-state index in [0.717, 1.165) is 23.5 Å². The summed E-state index contributed by atoms with van der Waals surface area (Å²) in [6.45, 7) is 9.14. The van der Waals surface area contributed by atoms with E-state index >= 15 is 0 Å². The van der Waals surface area contributed by atoms with Gasteiger partial charge in [0, 0.05) is 23.5 Å². The van der Waals surface area contributed by atoms with Gasteiger partial charge in [0.25, 0.3) is 0 Å². The number of benzene rings is 1. The van der Waals surface area contributed by atoms with Crippen LogP contribution in [-0.2, 0) is 22.7 Å². The SMILES string of the molecule is Cc1cc(/C=C(/C#N)C(=O)OCc2ccc(C(N)=O)cc2)c(C)n1CC(C)C. The van der Waals surface area contributed by atoms with E-state index in [-0.39, 0.29) is 12.2 Å². The number of primary amides is 1. The number of nitrogens with zero attached hydrogens (tertiary/aromatic N) is 2. The molecule has 6 nitrogen and oxygen atoms in total. The van der Waals surface area contributed by atoms with Gasteiger partial charge in [0.1, 0.15) is 18.2 Å². The van der Waals surface area contributed by atoms with Crippen LogP contribution in [0.2, 0.25) is 0 Å². The number of rotatable bonds is 7. The second-order valence-corrected chi connectivity index (χ2v) is 7.14. The lowest BCUT2D eigenvalue weighted by molar-refractivity contribution is -0.139. The minimum absolute atomic E-state index is 0.00324. The lowest BCUT2D eigenvalue weighted by atomic mass is 10.1. The van der Waals surface area contributed by atoms with Crippen molar-refractivity contribution in [3.05, 3.63) is 64.0 Å². The molecule has 6 heteroatoms. The minimum Gasteiger partial charge on any atom is -0.457 e. The molecule has 0 saturated heterocycles. The van der Waals surface area contributed by atoms with Crippen molar-refractivity contribution >= 4 is 18.0 Å². The summed E-state index contributed by atoms with van der Waals surface area (Å²) in [4.78, 5) is 23.4. The van der Waals surface area contributed by atoms with E-state index in [1.54, 1.807) is 30.3 Å². The molecular formula is C22H25N3O3. The van der Waals surface area contributed by atoms with Gasteiger partial charge in [-0.05, 0) is 55.2 Å². The maximum atomic E-state index is 12.3. The van der Waals surface area contributed by atoms with Crippen molar-refractivity contribution < 1.29 is 14.3 Å². The number of aromatic nitrogens is 1. The summed E-state index contributed by atoms with van der Waals surface area (Å²) in [7, 11) is 0. The average molecular weight is 379 g/mol. The third kappa shape index (κ3) is 5.10. The molecule has 146 valence electrons. The fourth-order valence-electron chi connectivity index (χ4n) is 2.90. The van der Waals surface area contributed by atoms with Crippen LogP contribution < -0.4 is 5.73 Å². The molecule has 0 unspecified atom stereocenters. The Balaban J connectivity index is 2.13. The smallest absolute Gasteiger partial charge is 0.349 e. The van der Waals surface area contributed by atoms with Crippen LogP contribution in [0.4, 0.5) is 0 Å². The predicted octanol–water partition coefficient (Wildman–Crippen LogP) is 3.51. The molecule has 0 fully saturated rings. The van der Waals surface area contributed by atoms with E-state index in [1.165, 1.54) is 0 Å². The van der Waals surface area contributed by atoms with Gasteiger partial charge in [0.2, 0.25) is 5.91 Å². The number of carbonyl (C=O) groups is 2. The van der Waals surface area contributed by atoms with Gasteiger partial charge < -0.3 is 15.0 Å². The monoisotopic (exact) mass is 379 g/mol. The standard InChI is InChI=1S/C22H25N3O3/c1-14(2)12-25-15(3)9-19(16(25)4)10-20(11-23)22(27)28-13-17-5-7-18(8-6-17)21(24)26/h5-10,14H,12-13H2,1-4H3,(H2,24,26)/b20-10-. The van der Waals surface area contributed by atoms with Crippen LogP contribution in [0.25, 0.3) is 6.08 Å². The lowest BCUT2D eigenvalue weighted by Crippen LogP contribution is -2.11. The molecule has 1 aromatic carbocycles. The summed E-state index contributed by atoms with van der Waals surface area (Å²) in [5, 5.41) is 9.39. The van der Waals surface area contributed by atoms with Gasteiger partial charge in [0.05, 0.1) is 0 Å². The fourth-order valence-corrected chi connectivity index (χ4v) is 2.90. The first-order valence-electron chi connectivity index (χ1n) is 9.07. The summed E-state index contributed by atoms with van der Waals surface area (Å²) in [5.74, 6) is -0.716. The number of aryl methyl sites for hydroxylation is 1. The Labute approximate surface area is 165 Å². The number of amides is 1. The van der Waals surface area contributed by atoms with Crippen molar-refractivity contribution in [2.24, 2.45) is 11.7 Å². The van der Waals surface area contributed by atoms with Crippen molar-refractivity contribution in [2.45, 2.75) is 40.8 Å². The Morgan fingerprint density at radius 1 is 1.25 bits per heavy atom. The number of esters is 1. The third-order valence-electron chi connectivity index (χ3n) is 4.41. The molecule has 2 rings (SSSR count). The molecule has 0 aliphatic rings. The van der Waals surface area contributed by atoms with Gasteiger partial charge in [-0.3, -0.25) is 4.79 Å². The summed E-state index contributed by atoms with van der Waals surface area (Å²) >= 11 is 0. The summed E-state index contributed by atoms with van der Waals surface area (Å²) in [5.41, 5.74) is 9.14. The van der Waals surface area contributed by atoms with Crippen LogP contribution in [0.15, 0.2) is 35.9 Å². The number of hydrogen-bond acceptors (Lipinski definition) is 4. The van der Waals surface area contributed by atoms with Crippen LogP contribution in [0.5, 0.6) is 0 Å². The number of hydrogen-bond donors (Lipinski definition) is 1. The molecule has 0 spiro atoms.